The third kappa shape index (κ3) is 4.18. The van der Waals surface area contributed by atoms with Gasteiger partial charge in [-0.2, -0.15) is 5.10 Å². The van der Waals surface area contributed by atoms with Crippen molar-refractivity contribution in [3.05, 3.63) is 47.5 Å². The van der Waals surface area contributed by atoms with E-state index in [0.717, 1.165) is 12.8 Å². The van der Waals surface area contributed by atoms with Crippen LogP contribution >= 0.6 is 0 Å². The molecule has 1 heterocycles. The van der Waals surface area contributed by atoms with Crippen molar-refractivity contribution in [3.8, 4) is 5.69 Å². The predicted octanol–water partition coefficient (Wildman–Crippen LogP) is 3.87. The van der Waals surface area contributed by atoms with Crippen LogP contribution in [-0.4, -0.2) is 21.7 Å². The van der Waals surface area contributed by atoms with Gasteiger partial charge in [-0.1, -0.05) is 26.0 Å². The first kappa shape index (κ1) is 17.2. The molecule has 0 saturated heterocycles. The molecule has 1 unspecified atom stereocenters. The molecule has 4 nitrogen and oxygen atoms in total. The standard InChI is InChI=1S/C18H24FN3O/c1-12(2)9-10-13(3)21-18(23)15-11-20-22(14(15)4)17-8-6-5-7-16(17)19/h5-8,11-13H,9-10H2,1-4H3,(H,21,23). The Morgan fingerprint density at radius 3 is 2.61 bits per heavy atom. The average molecular weight is 317 g/mol. The van der Waals surface area contributed by atoms with E-state index in [1.807, 2.05) is 6.92 Å². The molecule has 124 valence electrons. The maximum Gasteiger partial charge on any atom is 0.254 e. The number of nitrogens with one attached hydrogen (secondary N) is 1. The van der Waals surface area contributed by atoms with Gasteiger partial charge in [0.1, 0.15) is 11.5 Å². The van der Waals surface area contributed by atoms with Gasteiger partial charge in [0.05, 0.1) is 17.5 Å². The van der Waals surface area contributed by atoms with E-state index in [4.69, 9.17) is 0 Å². The summed E-state index contributed by atoms with van der Waals surface area (Å²) in [6, 6.07) is 6.49. The summed E-state index contributed by atoms with van der Waals surface area (Å²) < 4.78 is 15.4. The first-order chi connectivity index (χ1) is 10.9. The minimum absolute atomic E-state index is 0.0983. The van der Waals surface area contributed by atoms with Crippen LogP contribution in [0.3, 0.4) is 0 Å². The summed E-state index contributed by atoms with van der Waals surface area (Å²) in [5.74, 6) is 0.0807. The molecule has 0 fully saturated rings. The van der Waals surface area contributed by atoms with Gasteiger partial charge in [0.2, 0.25) is 0 Å². The Kier molecular flexibility index (Phi) is 5.53. The van der Waals surface area contributed by atoms with Crippen LogP contribution in [0.15, 0.2) is 30.5 Å². The molecule has 1 aromatic carbocycles. The molecule has 0 radical (unpaired) electrons. The summed E-state index contributed by atoms with van der Waals surface area (Å²) in [5, 5.41) is 7.15. The lowest BCUT2D eigenvalue weighted by atomic mass is 10.0. The average Bonchev–Trinajstić information content (AvgIpc) is 2.87. The highest BCUT2D eigenvalue weighted by molar-refractivity contribution is 5.95. The molecule has 1 N–H and O–H groups in total. The molecule has 0 aliphatic carbocycles. The zero-order chi connectivity index (χ0) is 17.0. The number of carbonyl (C=O) groups is 1. The first-order valence-corrected chi connectivity index (χ1v) is 8.00. The molecule has 1 aromatic heterocycles. The van der Waals surface area contributed by atoms with Crippen molar-refractivity contribution in [3.63, 3.8) is 0 Å². The predicted molar refractivity (Wildman–Crippen MR) is 89.3 cm³/mol. The Morgan fingerprint density at radius 1 is 1.26 bits per heavy atom. The number of hydrogen-bond donors (Lipinski definition) is 1. The summed E-state index contributed by atoms with van der Waals surface area (Å²) in [6.45, 7) is 8.10. The van der Waals surface area contributed by atoms with Gasteiger partial charge in [0.25, 0.3) is 5.91 Å². The maximum absolute atomic E-state index is 13.9. The van der Waals surface area contributed by atoms with Crippen LogP contribution in [-0.2, 0) is 0 Å². The molecule has 0 spiro atoms. The lowest BCUT2D eigenvalue weighted by Crippen LogP contribution is -2.33. The van der Waals surface area contributed by atoms with E-state index in [9.17, 15) is 9.18 Å². The highest BCUT2D eigenvalue weighted by Crippen LogP contribution is 2.17. The quantitative estimate of drug-likeness (QED) is 0.879. The fraction of sp³-hybridized carbons (Fsp3) is 0.444. The molecule has 1 atom stereocenters. The molecule has 2 aromatic rings. The Balaban J connectivity index is 2.13. The summed E-state index contributed by atoms with van der Waals surface area (Å²) >= 11 is 0. The van der Waals surface area contributed by atoms with Crippen molar-refractivity contribution in [2.24, 2.45) is 5.92 Å². The van der Waals surface area contributed by atoms with Crippen molar-refractivity contribution in [2.45, 2.75) is 46.6 Å². The highest BCUT2D eigenvalue weighted by Gasteiger charge is 2.18. The van der Waals surface area contributed by atoms with Crippen LogP contribution in [0.5, 0.6) is 0 Å². The molecule has 23 heavy (non-hydrogen) atoms. The van der Waals surface area contributed by atoms with Crippen LogP contribution in [0.4, 0.5) is 4.39 Å². The molecule has 2 rings (SSSR count). The SMILES string of the molecule is Cc1c(C(=O)NC(C)CCC(C)C)cnn1-c1ccccc1F. The Labute approximate surface area is 136 Å². The number of nitrogens with zero attached hydrogens (tertiary/aromatic N) is 2. The van der Waals surface area contributed by atoms with Gasteiger partial charge in [-0.15, -0.1) is 0 Å². The number of hydrogen-bond acceptors (Lipinski definition) is 2. The highest BCUT2D eigenvalue weighted by atomic mass is 19.1. The van der Waals surface area contributed by atoms with Gasteiger partial charge in [-0.05, 0) is 44.7 Å². The van der Waals surface area contributed by atoms with E-state index >= 15 is 0 Å². The number of aromatic nitrogens is 2. The molecular formula is C18H24FN3O. The van der Waals surface area contributed by atoms with Crippen molar-refractivity contribution in [1.82, 2.24) is 15.1 Å². The molecular weight excluding hydrogens is 293 g/mol. The molecule has 0 aliphatic rings. The normalized spacial score (nSPS) is 12.4. The van der Waals surface area contributed by atoms with E-state index in [2.05, 4.69) is 24.3 Å². The fourth-order valence-electron chi connectivity index (χ4n) is 2.46. The number of rotatable bonds is 6. The Morgan fingerprint density at radius 2 is 1.96 bits per heavy atom. The van der Waals surface area contributed by atoms with E-state index < -0.39 is 0 Å². The van der Waals surface area contributed by atoms with Gasteiger partial charge in [-0.25, -0.2) is 9.07 Å². The van der Waals surface area contributed by atoms with Gasteiger partial charge in [0.15, 0.2) is 0 Å². The lowest BCUT2D eigenvalue weighted by molar-refractivity contribution is 0.0936. The van der Waals surface area contributed by atoms with Gasteiger partial charge >= 0.3 is 0 Å². The third-order valence-electron chi connectivity index (χ3n) is 3.89. The zero-order valence-electron chi connectivity index (χ0n) is 14.1. The molecule has 0 bridgehead atoms. The smallest absolute Gasteiger partial charge is 0.254 e. The summed E-state index contributed by atoms with van der Waals surface area (Å²) in [5.41, 5.74) is 1.45. The van der Waals surface area contributed by atoms with E-state index in [1.165, 1.54) is 16.9 Å². The second-order valence-corrected chi connectivity index (χ2v) is 6.35. The summed E-state index contributed by atoms with van der Waals surface area (Å²) in [7, 11) is 0. The lowest BCUT2D eigenvalue weighted by Gasteiger charge is -2.15. The largest absolute Gasteiger partial charge is 0.349 e. The van der Waals surface area contributed by atoms with Crippen molar-refractivity contribution >= 4 is 5.91 Å². The second kappa shape index (κ2) is 7.40. The van der Waals surface area contributed by atoms with Gasteiger partial charge in [-0.3, -0.25) is 4.79 Å². The van der Waals surface area contributed by atoms with Crippen molar-refractivity contribution in [1.29, 1.82) is 0 Å². The molecule has 0 saturated carbocycles. The second-order valence-electron chi connectivity index (χ2n) is 6.35. The minimum atomic E-state index is -0.365. The summed E-state index contributed by atoms with van der Waals surface area (Å²) in [6.07, 6.45) is 3.49. The number of para-hydroxylation sites is 1. The molecule has 5 heteroatoms. The number of benzene rings is 1. The Hall–Kier alpha value is -2.17. The van der Waals surface area contributed by atoms with Crippen molar-refractivity contribution < 1.29 is 9.18 Å². The van der Waals surface area contributed by atoms with Crippen LogP contribution in [0.1, 0.15) is 49.7 Å². The van der Waals surface area contributed by atoms with Gasteiger partial charge < -0.3 is 5.32 Å². The molecule has 1 amide bonds. The van der Waals surface area contributed by atoms with Crippen LogP contribution < -0.4 is 5.32 Å². The van der Waals surface area contributed by atoms with Crippen LogP contribution in [0.25, 0.3) is 5.69 Å². The number of amides is 1. The number of halogens is 1. The fourth-order valence-corrected chi connectivity index (χ4v) is 2.46. The van der Waals surface area contributed by atoms with E-state index in [-0.39, 0.29) is 17.8 Å². The van der Waals surface area contributed by atoms with Gasteiger partial charge in [0, 0.05) is 6.04 Å². The maximum atomic E-state index is 13.9. The minimum Gasteiger partial charge on any atom is -0.349 e. The summed E-state index contributed by atoms with van der Waals surface area (Å²) in [4.78, 5) is 12.4. The molecule has 0 aliphatic heterocycles. The first-order valence-electron chi connectivity index (χ1n) is 8.00. The van der Waals surface area contributed by atoms with E-state index in [0.29, 0.717) is 22.9 Å². The third-order valence-corrected chi connectivity index (χ3v) is 3.89. The Bertz CT molecular complexity index is 679. The van der Waals surface area contributed by atoms with Crippen molar-refractivity contribution in [2.75, 3.05) is 0 Å². The van der Waals surface area contributed by atoms with Crippen LogP contribution in [0, 0.1) is 18.7 Å². The van der Waals surface area contributed by atoms with Crippen LogP contribution in [0.2, 0.25) is 0 Å². The monoisotopic (exact) mass is 317 g/mol. The topological polar surface area (TPSA) is 46.9 Å². The number of carbonyl (C=O) groups excluding carboxylic acids is 1. The zero-order valence-corrected chi connectivity index (χ0v) is 14.1. The van der Waals surface area contributed by atoms with E-state index in [1.54, 1.807) is 25.1 Å².